The largest absolute Gasteiger partial charge is 0.399 e. The molecule has 0 aromatic heterocycles. The number of thioether (sulfide) groups is 1. The van der Waals surface area contributed by atoms with Crippen molar-refractivity contribution in [2.75, 3.05) is 11.5 Å². The van der Waals surface area contributed by atoms with Crippen molar-refractivity contribution < 1.29 is 4.39 Å². The lowest BCUT2D eigenvalue weighted by atomic mass is 10.1. The van der Waals surface area contributed by atoms with E-state index in [1.165, 1.54) is 70.3 Å². The molecule has 0 fully saturated rings. The van der Waals surface area contributed by atoms with Crippen molar-refractivity contribution in [3.05, 3.63) is 24.0 Å². The van der Waals surface area contributed by atoms with Gasteiger partial charge in [-0.05, 0) is 30.4 Å². The molecule has 0 saturated heterocycles. The average Bonchev–Trinajstić information content (AvgIpc) is 2.44. The van der Waals surface area contributed by atoms with Crippen molar-refractivity contribution in [3.8, 4) is 0 Å². The fourth-order valence-electron chi connectivity index (χ4n) is 2.45. The number of nitrogen functional groups attached to an aromatic ring is 1. The number of nitrogens with two attached hydrogens (primary N) is 1. The third-order valence-corrected chi connectivity index (χ3v) is 4.72. The first-order chi connectivity index (χ1) is 10.2. The van der Waals surface area contributed by atoms with Crippen molar-refractivity contribution in [2.24, 2.45) is 0 Å². The van der Waals surface area contributed by atoms with E-state index in [4.69, 9.17) is 5.73 Å². The third-order valence-electron chi connectivity index (χ3n) is 3.66. The minimum absolute atomic E-state index is 0.236. The molecule has 1 aromatic rings. The summed E-state index contributed by atoms with van der Waals surface area (Å²) in [5.74, 6) is 0.819. The zero-order valence-corrected chi connectivity index (χ0v) is 14.2. The van der Waals surface area contributed by atoms with Gasteiger partial charge in [-0.15, -0.1) is 11.8 Å². The molecule has 0 radical (unpaired) electrons. The molecular weight excluding hydrogens is 281 g/mol. The number of hydrogen-bond donors (Lipinski definition) is 1. The van der Waals surface area contributed by atoms with E-state index in [1.807, 2.05) is 6.07 Å². The highest BCUT2D eigenvalue weighted by Gasteiger charge is 1.99. The Kier molecular flexibility index (Phi) is 10.4. The quantitative estimate of drug-likeness (QED) is 0.274. The normalized spacial score (nSPS) is 11.0. The van der Waals surface area contributed by atoms with Gasteiger partial charge >= 0.3 is 0 Å². The summed E-state index contributed by atoms with van der Waals surface area (Å²) in [5, 5.41) is 0. The van der Waals surface area contributed by atoms with Gasteiger partial charge in [0.15, 0.2) is 0 Å². The Morgan fingerprint density at radius 3 is 2.00 bits per heavy atom. The Bertz CT molecular complexity index is 361. The Balaban J connectivity index is 1.93. The minimum atomic E-state index is -0.236. The zero-order valence-electron chi connectivity index (χ0n) is 13.4. The topological polar surface area (TPSA) is 26.0 Å². The van der Waals surface area contributed by atoms with Crippen LogP contribution in [0.1, 0.15) is 71.1 Å². The summed E-state index contributed by atoms with van der Waals surface area (Å²) in [6, 6.07) is 4.78. The molecule has 0 saturated carbocycles. The summed E-state index contributed by atoms with van der Waals surface area (Å²) >= 11 is 1.71. The van der Waals surface area contributed by atoms with Crippen molar-refractivity contribution in [1.82, 2.24) is 0 Å². The Hall–Kier alpha value is -0.700. The van der Waals surface area contributed by atoms with Crippen molar-refractivity contribution >= 4 is 17.4 Å². The molecule has 2 N–H and O–H groups in total. The molecular formula is C18H30FNS. The van der Waals surface area contributed by atoms with Crippen LogP contribution in [0.3, 0.4) is 0 Å². The molecule has 0 aliphatic rings. The van der Waals surface area contributed by atoms with Crippen LogP contribution in [0.5, 0.6) is 0 Å². The molecule has 3 heteroatoms. The molecule has 0 aliphatic carbocycles. The first-order valence-electron chi connectivity index (χ1n) is 8.41. The molecule has 0 spiro atoms. The van der Waals surface area contributed by atoms with Gasteiger partial charge in [-0.3, -0.25) is 0 Å². The van der Waals surface area contributed by atoms with E-state index in [2.05, 4.69) is 6.92 Å². The monoisotopic (exact) mass is 311 g/mol. The first kappa shape index (κ1) is 18.3. The first-order valence-corrected chi connectivity index (χ1v) is 9.40. The van der Waals surface area contributed by atoms with Crippen LogP contribution in [0, 0.1) is 5.82 Å². The Morgan fingerprint density at radius 1 is 0.857 bits per heavy atom. The van der Waals surface area contributed by atoms with Crippen LogP contribution >= 0.6 is 11.8 Å². The van der Waals surface area contributed by atoms with Crippen molar-refractivity contribution in [2.45, 2.75) is 76.0 Å². The van der Waals surface area contributed by atoms with Gasteiger partial charge in [0, 0.05) is 10.6 Å². The van der Waals surface area contributed by atoms with Crippen LogP contribution in [0.25, 0.3) is 0 Å². The molecule has 0 atom stereocenters. The number of anilines is 1. The van der Waals surface area contributed by atoms with Gasteiger partial charge < -0.3 is 5.73 Å². The molecule has 0 amide bonds. The minimum Gasteiger partial charge on any atom is -0.399 e. The standard InChI is InChI=1S/C18H30FNS/c1-2-3-4-5-6-7-8-9-10-11-12-21-18-14-16(19)13-17(20)15-18/h13-15H,2-12,20H2,1H3. The number of hydrogen-bond acceptors (Lipinski definition) is 2. The van der Waals surface area contributed by atoms with Gasteiger partial charge in [0.05, 0.1) is 0 Å². The second-order valence-electron chi connectivity index (χ2n) is 5.75. The predicted octanol–water partition coefficient (Wildman–Crippen LogP) is 6.42. The molecule has 120 valence electrons. The maximum atomic E-state index is 13.2. The summed E-state index contributed by atoms with van der Waals surface area (Å²) in [6.45, 7) is 2.26. The van der Waals surface area contributed by atoms with Gasteiger partial charge in [0.2, 0.25) is 0 Å². The van der Waals surface area contributed by atoms with Gasteiger partial charge in [0.1, 0.15) is 5.82 Å². The van der Waals surface area contributed by atoms with E-state index in [0.29, 0.717) is 5.69 Å². The van der Waals surface area contributed by atoms with Crippen molar-refractivity contribution in [3.63, 3.8) is 0 Å². The fraction of sp³-hybridized carbons (Fsp3) is 0.667. The maximum absolute atomic E-state index is 13.2. The Labute approximate surface area is 133 Å². The lowest BCUT2D eigenvalue weighted by Crippen LogP contribution is -1.88. The number of halogens is 1. The highest BCUT2D eigenvalue weighted by molar-refractivity contribution is 7.99. The van der Waals surface area contributed by atoms with E-state index < -0.39 is 0 Å². The second kappa shape index (κ2) is 11.9. The van der Waals surface area contributed by atoms with Crippen LogP contribution in [0.2, 0.25) is 0 Å². The van der Waals surface area contributed by atoms with E-state index >= 15 is 0 Å². The van der Waals surface area contributed by atoms with E-state index in [-0.39, 0.29) is 5.82 Å². The molecule has 21 heavy (non-hydrogen) atoms. The lowest BCUT2D eigenvalue weighted by Gasteiger charge is -2.04. The third kappa shape index (κ3) is 9.78. The van der Waals surface area contributed by atoms with E-state index in [1.54, 1.807) is 17.8 Å². The second-order valence-corrected chi connectivity index (χ2v) is 6.92. The molecule has 0 aliphatic heterocycles. The summed E-state index contributed by atoms with van der Waals surface area (Å²) in [7, 11) is 0. The van der Waals surface area contributed by atoms with Crippen molar-refractivity contribution in [1.29, 1.82) is 0 Å². The lowest BCUT2D eigenvalue weighted by molar-refractivity contribution is 0.563. The van der Waals surface area contributed by atoms with Gasteiger partial charge in [0.25, 0.3) is 0 Å². The zero-order chi connectivity index (χ0) is 15.3. The van der Waals surface area contributed by atoms with Gasteiger partial charge in [-0.2, -0.15) is 0 Å². The molecule has 1 aromatic carbocycles. The molecule has 1 nitrogen and oxygen atoms in total. The van der Waals surface area contributed by atoms with Crippen LogP contribution < -0.4 is 5.73 Å². The summed E-state index contributed by atoms with van der Waals surface area (Å²) < 4.78 is 13.2. The van der Waals surface area contributed by atoms with Gasteiger partial charge in [-0.25, -0.2) is 4.39 Å². The van der Waals surface area contributed by atoms with Gasteiger partial charge in [-0.1, -0.05) is 64.7 Å². The SMILES string of the molecule is CCCCCCCCCCCCSc1cc(N)cc(F)c1. The molecule has 0 heterocycles. The van der Waals surface area contributed by atoms with E-state index in [9.17, 15) is 4.39 Å². The average molecular weight is 312 g/mol. The van der Waals surface area contributed by atoms with E-state index in [0.717, 1.165) is 10.6 Å². The predicted molar refractivity (Wildman–Crippen MR) is 93.4 cm³/mol. The van der Waals surface area contributed by atoms with Crippen LogP contribution in [0.4, 0.5) is 10.1 Å². The highest BCUT2D eigenvalue weighted by atomic mass is 32.2. The van der Waals surface area contributed by atoms with Crippen LogP contribution in [0.15, 0.2) is 23.1 Å². The summed E-state index contributed by atoms with van der Waals surface area (Å²) in [4.78, 5) is 0.948. The smallest absolute Gasteiger partial charge is 0.126 e. The fourth-order valence-corrected chi connectivity index (χ4v) is 3.45. The summed E-state index contributed by atoms with van der Waals surface area (Å²) in [5.41, 5.74) is 6.15. The highest BCUT2D eigenvalue weighted by Crippen LogP contribution is 2.23. The van der Waals surface area contributed by atoms with Crippen LogP contribution in [-0.4, -0.2) is 5.75 Å². The maximum Gasteiger partial charge on any atom is 0.126 e. The van der Waals surface area contributed by atoms with Crippen LogP contribution in [-0.2, 0) is 0 Å². The number of benzene rings is 1. The number of rotatable bonds is 12. The Morgan fingerprint density at radius 2 is 1.43 bits per heavy atom. The molecule has 0 unspecified atom stereocenters. The number of unbranched alkanes of at least 4 members (excludes halogenated alkanes) is 9. The molecule has 0 bridgehead atoms. The summed E-state index contributed by atoms with van der Waals surface area (Å²) in [6.07, 6.45) is 13.5. The molecule has 1 rings (SSSR count).